The Kier molecular flexibility index (Phi) is 6.32. The first-order chi connectivity index (χ1) is 12.6. The summed E-state index contributed by atoms with van der Waals surface area (Å²) in [6.45, 7) is 2.08. The van der Waals surface area contributed by atoms with Gasteiger partial charge in [0.15, 0.2) is 11.5 Å². The predicted octanol–water partition coefficient (Wildman–Crippen LogP) is 2.63. The number of amides is 1. The first-order valence-electron chi connectivity index (χ1n) is 8.34. The van der Waals surface area contributed by atoms with Crippen molar-refractivity contribution in [3.63, 3.8) is 0 Å². The maximum absolute atomic E-state index is 12.4. The van der Waals surface area contributed by atoms with Gasteiger partial charge in [-0.05, 0) is 23.8 Å². The molecule has 0 saturated carbocycles. The third-order valence-corrected chi connectivity index (χ3v) is 5.53. The van der Waals surface area contributed by atoms with Crippen LogP contribution in [0.25, 0.3) is 6.08 Å². The van der Waals surface area contributed by atoms with E-state index in [2.05, 4.69) is 0 Å². The third-order valence-electron chi connectivity index (χ3n) is 4.09. The van der Waals surface area contributed by atoms with Crippen molar-refractivity contribution in [2.24, 2.45) is 0 Å². The maximum atomic E-state index is 12.4. The SMILES string of the molecule is COC(=O)[C@@H]1CN(C(=O)/C=C/c2cc(Cl)c3c(c2)OCCCO3)CCS1. The number of thioether (sulfide) groups is 1. The van der Waals surface area contributed by atoms with Crippen LogP contribution in [0.15, 0.2) is 18.2 Å². The molecule has 3 rings (SSSR count). The average molecular weight is 398 g/mol. The van der Waals surface area contributed by atoms with Crippen LogP contribution in [0, 0.1) is 0 Å². The summed E-state index contributed by atoms with van der Waals surface area (Å²) in [6.07, 6.45) is 3.97. The van der Waals surface area contributed by atoms with Gasteiger partial charge >= 0.3 is 5.97 Å². The van der Waals surface area contributed by atoms with Crippen molar-refractivity contribution in [1.29, 1.82) is 0 Å². The van der Waals surface area contributed by atoms with Crippen molar-refractivity contribution >= 4 is 41.3 Å². The molecule has 0 unspecified atom stereocenters. The van der Waals surface area contributed by atoms with Gasteiger partial charge in [-0.15, -0.1) is 11.8 Å². The monoisotopic (exact) mass is 397 g/mol. The highest BCUT2D eigenvalue weighted by Gasteiger charge is 2.28. The Balaban J connectivity index is 1.69. The molecule has 6 nitrogen and oxygen atoms in total. The molecular formula is C18H20ClNO5S. The molecule has 1 atom stereocenters. The zero-order chi connectivity index (χ0) is 18.5. The second kappa shape index (κ2) is 8.68. The van der Waals surface area contributed by atoms with Gasteiger partial charge in [0.2, 0.25) is 5.91 Å². The minimum absolute atomic E-state index is 0.151. The van der Waals surface area contributed by atoms with E-state index >= 15 is 0 Å². The lowest BCUT2D eigenvalue weighted by Crippen LogP contribution is -2.44. The van der Waals surface area contributed by atoms with Crippen molar-refractivity contribution in [2.45, 2.75) is 11.7 Å². The lowest BCUT2D eigenvalue weighted by molar-refractivity contribution is -0.140. The highest BCUT2D eigenvalue weighted by molar-refractivity contribution is 8.00. The smallest absolute Gasteiger partial charge is 0.320 e. The number of carbonyl (C=O) groups is 2. The molecule has 26 heavy (non-hydrogen) atoms. The van der Waals surface area contributed by atoms with Gasteiger partial charge in [-0.2, -0.15) is 0 Å². The molecule has 0 aromatic heterocycles. The Morgan fingerprint density at radius 2 is 2.15 bits per heavy atom. The highest BCUT2D eigenvalue weighted by atomic mass is 35.5. The van der Waals surface area contributed by atoms with Gasteiger partial charge < -0.3 is 19.1 Å². The van der Waals surface area contributed by atoms with Gasteiger partial charge in [0.1, 0.15) is 5.25 Å². The van der Waals surface area contributed by atoms with Gasteiger partial charge in [-0.1, -0.05) is 11.6 Å². The van der Waals surface area contributed by atoms with E-state index in [4.69, 9.17) is 25.8 Å². The molecule has 2 aliphatic heterocycles. The van der Waals surface area contributed by atoms with Gasteiger partial charge in [0.05, 0.1) is 25.3 Å². The first kappa shape index (κ1) is 18.9. The highest BCUT2D eigenvalue weighted by Crippen LogP contribution is 2.38. The molecule has 0 aliphatic carbocycles. The van der Waals surface area contributed by atoms with Crippen LogP contribution in [-0.4, -0.2) is 61.2 Å². The molecule has 1 aromatic carbocycles. The molecular weight excluding hydrogens is 378 g/mol. The van der Waals surface area contributed by atoms with Crippen molar-refractivity contribution < 1.29 is 23.8 Å². The normalized spacial score (nSPS) is 19.9. The second-order valence-electron chi connectivity index (χ2n) is 5.88. The minimum atomic E-state index is -0.335. The van der Waals surface area contributed by atoms with Crippen LogP contribution in [0.3, 0.4) is 0 Å². The summed E-state index contributed by atoms with van der Waals surface area (Å²) in [4.78, 5) is 25.8. The van der Waals surface area contributed by atoms with Crippen LogP contribution in [-0.2, 0) is 14.3 Å². The molecule has 1 amide bonds. The predicted molar refractivity (Wildman–Crippen MR) is 101 cm³/mol. The topological polar surface area (TPSA) is 65.1 Å². The number of benzene rings is 1. The lowest BCUT2D eigenvalue weighted by Gasteiger charge is -2.30. The number of hydrogen-bond acceptors (Lipinski definition) is 6. The number of methoxy groups -OCH3 is 1. The van der Waals surface area contributed by atoms with Crippen LogP contribution in [0.1, 0.15) is 12.0 Å². The fraction of sp³-hybridized carbons (Fsp3) is 0.444. The number of esters is 1. The average Bonchev–Trinajstić information content (AvgIpc) is 2.91. The number of ether oxygens (including phenoxy) is 3. The minimum Gasteiger partial charge on any atom is -0.489 e. The van der Waals surface area contributed by atoms with Crippen molar-refractivity contribution in [3.8, 4) is 11.5 Å². The summed E-state index contributed by atoms with van der Waals surface area (Å²) in [5, 5.41) is 0.121. The molecule has 2 heterocycles. The summed E-state index contributed by atoms with van der Waals surface area (Å²) in [7, 11) is 1.36. The molecule has 1 aromatic rings. The van der Waals surface area contributed by atoms with E-state index in [0.29, 0.717) is 48.6 Å². The fourth-order valence-electron chi connectivity index (χ4n) is 2.74. The van der Waals surface area contributed by atoms with Crippen LogP contribution in [0.4, 0.5) is 0 Å². The van der Waals surface area contributed by atoms with Crippen molar-refractivity contribution in [1.82, 2.24) is 4.90 Å². The van der Waals surface area contributed by atoms with E-state index in [1.54, 1.807) is 23.1 Å². The number of halogens is 1. The van der Waals surface area contributed by atoms with E-state index in [1.165, 1.54) is 24.9 Å². The van der Waals surface area contributed by atoms with Crippen LogP contribution < -0.4 is 9.47 Å². The molecule has 0 bridgehead atoms. The second-order valence-corrected chi connectivity index (χ2v) is 7.60. The molecule has 0 N–H and O–H groups in total. The summed E-state index contributed by atoms with van der Waals surface area (Å²) in [6, 6.07) is 3.54. The molecule has 0 radical (unpaired) electrons. The Morgan fingerprint density at radius 1 is 1.35 bits per heavy atom. The van der Waals surface area contributed by atoms with Crippen LogP contribution in [0.2, 0.25) is 5.02 Å². The van der Waals surface area contributed by atoms with Crippen molar-refractivity contribution in [2.75, 3.05) is 39.2 Å². The third kappa shape index (κ3) is 4.45. The Morgan fingerprint density at radius 3 is 2.96 bits per heavy atom. The molecule has 8 heteroatoms. The van der Waals surface area contributed by atoms with Crippen LogP contribution in [0.5, 0.6) is 11.5 Å². The molecule has 140 valence electrons. The quantitative estimate of drug-likeness (QED) is 0.577. The van der Waals surface area contributed by atoms with E-state index in [1.807, 2.05) is 0 Å². The van der Waals surface area contributed by atoms with Gasteiger partial charge in [-0.3, -0.25) is 9.59 Å². The maximum Gasteiger partial charge on any atom is 0.320 e. The van der Waals surface area contributed by atoms with E-state index < -0.39 is 0 Å². The molecule has 0 spiro atoms. The summed E-state index contributed by atoms with van der Waals surface area (Å²) >= 11 is 7.78. The van der Waals surface area contributed by atoms with E-state index in [0.717, 1.165) is 12.0 Å². The standard InChI is InChI=1S/C18H20ClNO5S/c1-23-18(22)15-11-20(5-8-26-15)16(21)4-3-12-9-13(19)17-14(10-12)24-6-2-7-25-17/h3-4,9-10,15H,2,5-8,11H2,1H3/b4-3+/t15-/m0/s1. The summed E-state index contributed by atoms with van der Waals surface area (Å²) < 4.78 is 16.0. The number of rotatable bonds is 3. The lowest BCUT2D eigenvalue weighted by atomic mass is 10.1. The molecule has 1 fully saturated rings. The first-order valence-corrected chi connectivity index (χ1v) is 9.76. The summed E-state index contributed by atoms with van der Waals surface area (Å²) in [5.74, 6) is 1.38. The largest absolute Gasteiger partial charge is 0.489 e. The van der Waals surface area contributed by atoms with Gasteiger partial charge in [0, 0.05) is 31.3 Å². The van der Waals surface area contributed by atoms with Crippen LogP contribution >= 0.6 is 23.4 Å². The molecule has 1 saturated heterocycles. The Bertz CT molecular complexity index is 724. The molecule has 2 aliphatic rings. The number of carbonyl (C=O) groups excluding carboxylic acids is 2. The van der Waals surface area contributed by atoms with Gasteiger partial charge in [0.25, 0.3) is 0 Å². The Hall–Kier alpha value is -1.86. The zero-order valence-corrected chi connectivity index (χ0v) is 16.0. The Labute approximate surface area is 161 Å². The zero-order valence-electron chi connectivity index (χ0n) is 14.4. The fourth-order valence-corrected chi connectivity index (χ4v) is 4.15. The van der Waals surface area contributed by atoms with E-state index in [9.17, 15) is 9.59 Å². The number of hydrogen-bond donors (Lipinski definition) is 0. The number of nitrogens with zero attached hydrogens (tertiary/aromatic N) is 1. The van der Waals surface area contributed by atoms with Gasteiger partial charge in [-0.25, -0.2) is 0 Å². The summed E-state index contributed by atoms with van der Waals surface area (Å²) in [5.41, 5.74) is 0.753. The van der Waals surface area contributed by atoms with E-state index in [-0.39, 0.29) is 17.1 Å². The number of fused-ring (bicyclic) bond motifs is 1. The van der Waals surface area contributed by atoms with Crippen molar-refractivity contribution in [3.05, 3.63) is 28.8 Å².